The third-order valence-corrected chi connectivity index (χ3v) is 1.02. The lowest BCUT2D eigenvalue weighted by Gasteiger charge is -2.23. The van der Waals surface area contributed by atoms with Crippen LogP contribution >= 0.6 is 0 Å². The van der Waals surface area contributed by atoms with Crippen LogP contribution in [0.3, 0.4) is 0 Å². The van der Waals surface area contributed by atoms with Gasteiger partial charge in [-0.1, -0.05) is 13.5 Å². The number of ether oxygens (including phenoxy) is 2. The Bertz CT molecular complexity index is 97.4. The zero-order chi connectivity index (χ0) is 8.04. The fourth-order valence-corrected chi connectivity index (χ4v) is 0.583. The maximum atomic E-state index is 5.33. The first-order valence-electron chi connectivity index (χ1n) is 3.55. The van der Waals surface area contributed by atoms with Gasteiger partial charge in [0.1, 0.15) is 0 Å². The molecule has 0 aliphatic carbocycles. The first-order valence-corrected chi connectivity index (χ1v) is 3.55. The summed E-state index contributed by atoms with van der Waals surface area (Å²) in [5, 5.41) is 0. The van der Waals surface area contributed by atoms with Crippen molar-refractivity contribution in [1.82, 2.24) is 0 Å². The second-order valence-electron chi connectivity index (χ2n) is 2.53. The molecular weight excluding hydrogens is 128 g/mol. The average Bonchev–Trinajstić information content (AvgIpc) is 1.84. The van der Waals surface area contributed by atoms with Gasteiger partial charge in [-0.3, -0.25) is 0 Å². The highest BCUT2D eigenvalue weighted by Gasteiger charge is 2.16. The molecule has 0 rings (SSSR count). The summed E-state index contributed by atoms with van der Waals surface area (Å²) in [6.07, 6.45) is 2.40. The van der Waals surface area contributed by atoms with E-state index in [4.69, 9.17) is 9.47 Å². The minimum atomic E-state index is -0.516. The van der Waals surface area contributed by atoms with Crippen LogP contribution in [0.15, 0.2) is 12.8 Å². The quantitative estimate of drug-likeness (QED) is 0.435. The van der Waals surface area contributed by atoms with Crippen LogP contribution < -0.4 is 0 Å². The van der Waals surface area contributed by atoms with Crippen LogP contribution in [0.25, 0.3) is 0 Å². The van der Waals surface area contributed by atoms with Crippen molar-refractivity contribution in [2.45, 2.75) is 33.0 Å². The minimum Gasteiger partial charge on any atom is -0.471 e. The minimum absolute atomic E-state index is 0.516. The molecule has 0 aliphatic rings. The Morgan fingerprint density at radius 2 is 2.10 bits per heavy atom. The fourth-order valence-electron chi connectivity index (χ4n) is 0.583. The summed E-state index contributed by atoms with van der Waals surface area (Å²) in [5.74, 6) is -0.516. The summed E-state index contributed by atoms with van der Waals surface area (Å²) in [4.78, 5) is 0. The van der Waals surface area contributed by atoms with Gasteiger partial charge >= 0.3 is 0 Å². The normalized spacial score (nSPS) is 11.1. The molecule has 0 unspecified atom stereocenters. The number of hydrogen-bond acceptors (Lipinski definition) is 2. The van der Waals surface area contributed by atoms with E-state index in [2.05, 4.69) is 13.5 Å². The van der Waals surface area contributed by atoms with Gasteiger partial charge in [0.15, 0.2) is 0 Å². The lowest BCUT2D eigenvalue weighted by Crippen LogP contribution is -2.26. The van der Waals surface area contributed by atoms with E-state index in [0.717, 1.165) is 13.0 Å². The van der Waals surface area contributed by atoms with Crippen molar-refractivity contribution >= 4 is 0 Å². The standard InChI is InChI=1S/C8H16O2/c1-5-7-10-8(3,4)9-6-2/h6H,2,5,7H2,1,3-4H3. The Labute approximate surface area is 62.8 Å². The SMILES string of the molecule is C=COC(C)(C)OCCC. The molecule has 2 heteroatoms. The van der Waals surface area contributed by atoms with Gasteiger partial charge in [0.05, 0.1) is 12.9 Å². The fraction of sp³-hybridized carbons (Fsp3) is 0.750. The van der Waals surface area contributed by atoms with E-state index in [1.54, 1.807) is 0 Å². The van der Waals surface area contributed by atoms with Crippen LogP contribution in [0.4, 0.5) is 0 Å². The van der Waals surface area contributed by atoms with Crippen molar-refractivity contribution in [2.75, 3.05) is 6.61 Å². The molecule has 0 aromatic carbocycles. The van der Waals surface area contributed by atoms with E-state index < -0.39 is 5.79 Å². The van der Waals surface area contributed by atoms with Gasteiger partial charge in [-0.2, -0.15) is 0 Å². The van der Waals surface area contributed by atoms with Crippen molar-refractivity contribution < 1.29 is 9.47 Å². The molecule has 0 fully saturated rings. The van der Waals surface area contributed by atoms with Gasteiger partial charge in [0, 0.05) is 13.8 Å². The van der Waals surface area contributed by atoms with Crippen LogP contribution in [0.2, 0.25) is 0 Å². The summed E-state index contributed by atoms with van der Waals surface area (Å²) >= 11 is 0. The Morgan fingerprint density at radius 1 is 1.50 bits per heavy atom. The zero-order valence-corrected chi connectivity index (χ0v) is 7.02. The third kappa shape index (κ3) is 4.39. The van der Waals surface area contributed by atoms with Gasteiger partial charge < -0.3 is 9.47 Å². The zero-order valence-electron chi connectivity index (χ0n) is 7.02. The van der Waals surface area contributed by atoms with E-state index >= 15 is 0 Å². The highest BCUT2D eigenvalue weighted by atomic mass is 16.7. The smallest absolute Gasteiger partial charge is 0.203 e. The molecule has 0 bridgehead atoms. The van der Waals surface area contributed by atoms with E-state index in [1.165, 1.54) is 6.26 Å². The molecule has 0 saturated heterocycles. The van der Waals surface area contributed by atoms with Gasteiger partial charge in [-0.05, 0) is 6.42 Å². The summed E-state index contributed by atoms with van der Waals surface area (Å²) in [6, 6.07) is 0. The molecule has 0 aromatic rings. The third-order valence-electron chi connectivity index (χ3n) is 1.02. The van der Waals surface area contributed by atoms with Gasteiger partial charge in [-0.25, -0.2) is 0 Å². The van der Waals surface area contributed by atoms with E-state index in [9.17, 15) is 0 Å². The van der Waals surface area contributed by atoms with Crippen molar-refractivity contribution in [3.63, 3.8) is 0 Å². The molecule has 0 N–H and O–H groups in total. The molecule has 0 atom stereocenters. The predicted octanol–water partition coefficient (Wildman–Crippen LogP) is 2.31. The number of rotatable bonds is 5. The second kappa shape index (κ2) is 4.34. The lowest BCUT2D eigenvalue weighted by atomic mass is 10.4. The van der Waals surface area contributed by atoms with Crippen molar-refractivity contribution in [1.29, 1.82) is 0 Å². The van der Waals surface area contributed by atoms with Gasteiger partial charge in [-0.15, -0.1) is 0 Å². The Kier molecular flexibility index (Phi) is 4.12. The van der Waals surface area contributed by atoms with E-state index in [1.807, 2.05) is 13.8 Å². The molecule has 2 nitrogen and oxygen atoms in total. The largest absolute Gasteiger partial charge is 0.471 e. The lowest BCUT2D eigenvalue weighted by molar-refractivity contribution is -0.180. The van der Waals surface area contributed by atoms with Crippen LogP contribution in [-0.2, 0) is 9.47 Å². The molecule has 0 saturated carbocycles. The van der Waals surface area contributed by atoms with Crippen LogP contribution in [-0.4, -0.2) is 12.4 Å². The van der Waals surface area contributed by atoms with E-state index in [0.29, 0.717) is 0 Å². The molecule has 0 aromatic heterocycles. The second-order valence-corrected chi connectivity index (χ2v) is 2.53. The molecule has 0 aliphatic heterocycles. The molecule has 10 heavy (non-hydrogen) atoms. The monoisotopic (exact) mass is 144 g/mol. The molecule has 60 valence electrons. The van der Waals surface area contributed by atoms with Gasteiger partial charge in [0.2, 0.25) is 5.79 Å². The summed E-state index contributed by atoms with van der Waals surface area (Å²) in [7, 11) is 0. The molecule has 0 amide bonds. The predicted molar refractivity (Wildman–Crippen MR) is 41.6 cm³/mol. The Balaban J connectivity index is 3.51. The first kappa shape index (κ1) is 9.50. The van der Waals surface area contributed by atoms with Crippen LogP contribution in [0.1, 0.15) is 27.2 Å². The molecule has 0 radical (unpaired) electrons. The van der Waals surface area contributed by atoms with Crippen molar-refractivity contribution in [2.24, 2.45) is 0 Å². The maximum Gasteiger partial charge on any atom is 0.203 e. The maximum absolute atomic E-state index is 5.33. The Morgan fingerprint density at radius 3 is 2.50 bits per heavy atom. The Hall–Kier alpha value is -0.500. The summed E-state index contributed by atoms with van der Waals surface area (Å²) < 4.78 is 10.4. The van der Waals surface area contributed by atoms with Crippen molar-refractivity contribution in [3.8, 4) is 0 Å². The van der Waals surface area contributed by atoms with E-state index in [-0.39, 0.29) is 0 Å². The summed E-state index contributed by atoms with van der Waals surface area (Å²) in [6.45, 7) is 9.97. The average molecular weight is 144 g/mol. The molecule has 0 spiro atoms. The number of hydrogen-bond donors (Lipinski definition) is 0. The summed E-state index contributed by atoms with van der Waals surface area (Å²) in [5.41, 5.74) is 0. The van der Waals surface area contributed by atoms with Crippen LogP contribution in [0.5, 0.6) is 0 Å². The molecular formula is C8H16O2. The highest BCUT2D eigenvalue weighted by molar-refractivity contribution is 4.60. The molecule has 0 heterocycles. The van der Waals surface area contributed by atoms with Crippen molar-refractivity contribution in [3.05, 3.63) is 12.8 Å². The van der Waals surface area contributed by atoms with Crippen LogP contribution in [0, 0.1) is 0 Å². The highest BCUT2D eigenvalue weighted by Crippen LogP contribution is 2.10. The topological polar surface area (TPSA) is 18.5 Å². The van der Waals surface area contributed by atoms with Gasteiger partial charge in [0.25, 0.3) is 0 Å². The first-order chi connectivity index (χ1) is 4.62.